The van der Waals surface area contributed by atoms with E-state index in [1.807, 2.05) is 24.3 Å². The molecule has 3 aromatic rings. The Kier molecular flexibility index (Phi) is 5.66. The van der Waals surface area contributed by atoms with Crippen LogP contribution in [0.4, 0.5) is 16.2 Å². The zero-order valence-corrected chi connectivity index (χ0v) is 20.2. The average molecular weight is 496 g/mol. The maximum atomic E-state index is 13.7. The first kappa shape index (κ1) is 22.6. The van der Waals surface area contributed by atoms with Crippen molar-refractivity contribution in [1.82, 2.24) is 5.32 Å². The first-order chi connectivity index (χ1) is 16.3. The fraction of sp³-hybridized carbons (Fsp3) is 0.231. The highest BCUT2D eigenvalue weighted by Crippen LogP contribution is 2.50. The van der Waals surface area contributed by atoms with E-state index >= 15 is 0 Å². The van der Waals surface area contributed by atoms with Crippen LogP contribution in [0.3, 0.4) is 0 Å². The second kappa shape index (κ2) is 8.53. The monoisotopic (exact) mass is 495 g/mol. The van der Waals surface area contributed by atoms with Gasteiger partial charge in [-0.05, 0) is 73.5 Å². The number of amides is 3. The molecule has 2 N–H and O–H groups in total. The first-order valence-corrected chi connectivity index (χ1v) is 11.8. The highest BCUT2D eigenvalue weighted by Gasteiger charge is 2.60. The van der Waals surface area contributed by atoms with E-state index in [9.17, 15) is 9.59 Å². The zero-order valence-electron chi connectivity index (χ0n) is 18.6. The Balaban J connectivity index is 1.60. The summed E-state index contributed by atoms with van der Waals surface area (Å²) < 4.78 is 6.45. The SMILES string of the molecule is CCc1ccc(N2C(=O)NC3c4cc(Cl)ccc4OC2(C)C3C(=O)Nc2ccc(Cl)cc2)cc1. The van der Waals surface area contributed by atoms with E-state index in [0.29, 0.717) is 32.7 Å². The van der Waals surface area contributed by atoms with Crippen LogP contribution in [-0.2, 0) is 11.2 Å². The minimum atomic E-state index is -1.29. The molecule has 0 aromatic heterocycles. The van der Waals surface area contributed by atoms with Gasteiger partial charge in [-0.2, -0.15) is 0 Å². The van der Waals surface area contributed by atoms with Crippen LogP contribution in [0, 0.1) is 5.92 Å². The molecule has 3 atom stereocenters. The van der Waals surface area contributed by atoms with Crippen molar-refractivity contribution in [3.8, 4) is 5.75 Å². The van der Waals surface area contributed by atoms with E-state index in [0.717, 1.165) is 12.0 Å². The summed E-state index contributed by atoms with van der Waals surface area (Å²) in [6.45, 7) is 3.84. The van der Waals surface area contributed by atoms with Gasteiger partial charge < -0.3 is 15.4 Å². The van der Waals surface area contributed by atoms with E-state index in [-0.39, 0.29) is 11.9 Å². The maximum absolute atomic E-state index is 13.7. The van der Waals surface area contributed by atoms with Crippen molar-refractivity contribution in [2.24, 2.45) is 5.92 Å². The van der Waals surface area contributed by atoms with E-state index in [1.165, 1.54) is 4.90 Å². The van der Waals surface area contributed by atoms with Gasteiger partial charge in [-0.3, -0.25) is 9.69 Å². The van der Waals surface area contributed by atoms with Crippen LogP contribution in [0.2, 0.25) is 10.0 Å². The van der Waals surface area contributed by atoms with Crippen molar-refractivity contribution in [1.29, 1.82) is 0 Å². The molecule has 5 rings (SSSR count). The number of anilines is 2. The highest BCUT2D eigenvalue weighted by molar-refractivity contribution is 6.31. The topological polar surface area (TPSA) is 70.7 Å². The number of halogens is 2. The first-order valence-electron chi connectivity index (χ1n) is 11.0. The van der Waals surface area contributed by atoms with Gasteiger partial charge in [0.25, 0.3) is 0 Å². The average Bonchev–Trinajstić information content (AvgIpc) is 2.81. The minimum Gasteiger partial charge on any atom is -0.466 e. The summed E-state index contributed by atoms with van der Waals surface area (Å²) in [4.78, 5) is 28.6. The quantitative estimate of drug-likeness (QED) is 0.453. The predicted octanol–water partition coefficient (Wildman–Crippen LogP) is 6.19. The summed E-state index contributed by atoms with van der Waals surface area (Å²) in [6, 6.07) is 18.8. The molecule has 1 saturated heterocycles. The summed E-state index contributed by atoms with van der Waals surface area (Å²) in [6.07, 6.45) is 0.878. The molecular weight excluding hydrogens is 473 g/mol. The largest absolute Gasteiger partial charge is 0.466 e. The number of carbonyl (C=O) groups excluding carboxylic acids is 2. The Hall–Kier alpha value is -3.22. The zero-order chi connectivity index (χ0) is 24.0. The van der Waals surface area contributed by atoms with Gasteiger partial charge in [-0.15, -0.1) is 0 Å². The van der Waals surface area contributed by atoms with Gasteiger partial charge >= 0.3 is 6.03 Å². The molecule has 1 fully saturated rings. The van der Waals surface area contributed by atoms with Crippen LogP contribution in [0.25, 0.3) is 0 Å². The molecule has 174 valence electrons. The van der Waals surface area contributed by atoms with Crippen LogP contribution in [0.15, 0.2) is 66.7 Å². The number of aryl methyl sites for hydroxylation is 1. The lowest BCUT2D eigenvalue weighted by atomic mass is 9.78. The molecule has 2 heterocycles. The number of carbonyl (C=O) groups is 2. The molecule has 6 nitrogen and oxygen atoms in total. The summed E-state index contributed by atoms with van der Waals surface area (Å²) in [5, 5.41) is 7.05. The number of urea groups is 1. The van der Waals surface area contributed by atoms with Gasteiger partial charge in [0.1, 0.15) is 11.7 Å². The highest BCUT2D eigenvalue weighted by atomic mass is 35.5. The van der Waals surface area contributed by atoms with E-state index in [1.54, 1.807) is 49.4 Å². The Morgan fingerprint density at radius 1 is 1.06 bits per heavy atom. The van der Waals surface area contributed by atoms with Crippen molar-refractivity contribution in [2.45, 2.75) is 32.0 Å². The Bertz CT molecular complexity index is 1260. The molecular formula is C26H23Cl2N3O3. The van der Waals surface area contributed by atoms with Crippen LogP contribution in [0.1, 0.15) is 31.0 Å². The number of hydrogen-bond donors (Lipinski definition) is 2. The normalized spacial score (nSPS) is 22.9. The summed E-state index contributed by atoms with van der Waals surface area (Å²) in [7, 11) is 0. The number of fused-ring (bicyclic) bond motifs is 4. The molecule has 3 amide bonds. The lowest BCUT2D eigenvalue weighted by molar-refractivity contribution is -0.131. The van der Waals surface area contributed by atoms with Crippen LogP contribution < -0.4 is 20.3 Å². The smallest absolute Gasteiger partial charge is 0.325 e. The molecule has 0 aliphatic carbocycles. The lowest BCUT2D eigenvalue weighted by Gasteiger charge is -2.54. The number of hydrogen-bond acceptors (Lipinski definition) is 3. The second-order valence-corrected chi connectivity index (χ2v) is 9.47. The van der Waals surface area contributed by atoms with Crippen molar-refractivity contribution in [3.05, 3.63) is 87.9 Å². The summed E-state index contributed by atoms with van der Waals surface area (Å²) in [5.74, 6) is -0.504. The third-order valence-corrected chi connectivity index (χ3v) is 6.94. The molecule has 2 bridgehead atoms. The lowest BCUT2D eigenvalue weighted by Crippen LogP contribution is -2.72. The number of rotatable bonds is 4. The maximum Gasteiger partial charge on any atom is 0.325 e. The Labute approximate surface area is 207 Å². The van der Waals surface area contributed by atoms with Gasteiger partial charge in [0.05, 0.1) is 6.04 Å². The fourth-order valence-electron chi connectivity index (χ4n) is 4.78. The third-order valence-electron chi connectivity index (χ3n) is 6.46. The number of benzene rings is 3. The fourth-order valence-corrected chi connectivity index (χ4v) is 5.08. The minimum absolute atomic E-state index is 0.296. The second-order valence-electron chi connectivity index (χ2n) is 8.60. The number of nitrogens with zero attached hydrogens (tertiary/aromatic N) is 1. The van der Waals surface area contributed by atoms with Gasteiger partial charge in [0.15, 0.2) is 0 Å². The van der Waals surface area contributed by atoms with E-state index < -0.39 is 17.7 Å². The molecule has 0 radical (unpaired) electrons. The van der Waals surface area contributed by atoms with Gasteiger partial charge in [-0.25, -0.2) is 4.79 Å². The van der Waals surface area contributed by atoms with Gasteiger partial charge in [-0.1, -0.05) is 42.3 Å². The van der Waals surface area contributed by atoms with Gasteiger partial charge in [0, 0.05) is 27.0 Å². The number of ether oxygens (including phenoxy) is 1. The summed E-state index contributed by atoms with van der Waals surface area (Å²) >= 11 is 12.3. The van der Waals surface area contributed by atoms with Crippen LogP contribution >= 0.6 is 23.2 Å². The van der Waals surface area contributed by atoms with Crippen molar-refractivity contribution >= 4 is 46.5 Å². The molecule has 3 unspecified atom stereocenters. The molecule has 34 heavy (non-hydrogen) atoms. The molecule has 8 heteroatoms. The molecule has 3 aromatic carbocycles. The molecule has 0 spiro atoms. The summed E-state index contributed by atoms with van der Waals surface area (Å²) in [5.41, 5.74) is 1.75. The third kappa shape index (κ3) is 3.77. The van der Waals surface area contributed by atoms with Crippen molar-refractivity contribution in [2.75, 3.05) is 10.2 Å². The predicted molar refractivity (Wildman–Crippen MR) is 134 cm³/mol. The molecule has 0 saturated carbocycles. The van der Waals surface area contributed by atoms with E-state index in [2.05, 4.69) is 17.6 Å². The number of nitrogens with one attached hydrogen (secondary N) is 2. The van der Waals surface area contributed by atoms with Crippen LogP contribution in [0.5, 0.6) is 5.75 Å². The molecule has 2 aliphatic rings. The standard InChI is InChI=1S/C26H23Cl2N3O3/c1-3-15-4-11-19(12-5-15)31-25(33)30-23-20-14-17(28)8-13-21(20)34-26(31,2)22(23)24(32)29-18-9-6-16(27)7-10-18/h4-14,22-23H,3H2,1-2H3,(H,29,32)(H,30,33). The van der Waals surface area contributed by atoms with Crippen LogP contribution in [-0.4, -0.2) is 17.7 Å². The Morgan fingerprint density at radius 2 is 1.74 bits per heavy atom. The molecule has 2 aliphatic heterocycles. The van der Waals surface area contributed by atoms with Crippen molar-refractivity contribution < 1.29 is 14.3 Å². The Morgan fingerprint density at radius 3 is 2.41 bits per heavy atom. The van der Waals surface area contributed by atoms with E-state index in [4.69, 9.17) is 27.9 Å². The van der Waals surface area contributed by atoms with Gasteiger partial charge in [0.2, 0.25) is 11.6 Å². The van der Waals surface area contributed by atoms with Crippen molar-refractivity contribution in [3.63, 3.8) is 0 Å².